The lowest BCUT2D eigenvalue weighted by Gasteiger charge is -2.30. The average Bonchev–Trinajstić information content (AvgIpc) is 3.39. The van der Waals surface area contributed by atoms with E-state index in [1.54, 1.807) is 0 Å². The molecule has 2 aromatic carbocycles. The van der Waals surface area contributed by atoms with Crippen molar-refractivity contribution in [1.29, 1.82) is 0 Å². The summed E-state index contributed by atoms with van der Waals surface area (Å²) in [7, 11) is 0. The first-order valence-electron chi connectivity index (χ1n) is 11.9. The van der Waals surface area contributed by atoms with Gasteiger partial charge < -0.3 is 25.5 Å². The van der Waals surface area contributed by atoms with Crippen molar-refractivity contribution in [2.24, 2.45) is 11.5 Å². The summed E-state index contributed by atoms with van der Waals surface area (Å²) in [6, 6.07) is 16.6. The zero-order valence-corrected chi connectivity index (χ0v) is 21.7. The molecule has 0 spiro atoms. The summed E-state index contributed by atoms with van der Waals surface area (Å²) in [4.78, 5) is 20.1. The number of nitrogens with two attached hydrogens (primary N) is 2. The second-order valence-electron chi connectivity index (χ2n) is 8.92. The van der Waals surface area contributed by atoms with Gasteiger partial charge in [0.05, 0.1) is 16.7 Å². The first-order chi connectivity index (χ1) is 16.1. The van der Waals surface area contributed by atoms with Crippen LogP contribution in [0.15, 0.2) is 48.5 Å². The van der Waals surface area contributed by atoms with Crippen molar-refractivity contribution in [3.8, 4) is 11.5 Å². The number of rotatable bonds is 6. The van der Waals surface area contributed by atoms with E-state index in [4.69, 9.17) is 16.5 Å². The largest absolute Gasteiger partial charge is 0.338 e. The van der Waals surface area contributed by atoms with Gasteiger partial charge in [0.2, 0.25) is 0 Å². The van der Waals surface area contributed by atoms with Crippen molar-refractivity contribution >= 4 is 52.7 Å². The number of likely N-dealkylation sites (tertiary alicyclic amines) is 1. The molecule has 4 aromatic rings. The van der Waals surface area contributed by atoms with Crippen LogP contribution >= 0.6 is 24.8 Å². The number of halogens is 2. The van der Waals surface area contributed by atoms with Crippen molar-refractivity contribution in [3.63, 3.8) is 0 Å². The molecule has 3 heterocycles. The molecule has 1 aliphatic rings. The van der Waals surface area contributed by atoms with Crippen molar-refractivity contribution in [2.75, 3.05) is 19.6 Å². The molecule has 0 bridgehead atoms. The number of hydrogen-bond donors (Lipinski definition) is 2. The fraction of sp³-hybridized carbons (Fsp3) is 0.385. The van der Waals surface area contributed by atoms with Crippen molar-refractivity contribution in [3.05, 3.63) is 54.1 Å². The Morgan fingerprint density at radius 2 is 1.89 bits per heavy atom. The molecule has 7 nitrogen and oxygen atoms in total. The lowest BCUT2D eigenvalue weighted by Crippen LogP contribution is -2.45. The van der Waals surface area contributed by atoms with E-state index in [1.807, 2.05) is 23.1 Å². The summed E-state index contributed by atoms with van der Waals surface area (Å²) in [6.45, 7) is 5.77. The van der Waals surface area contributed by atoms with E-state index in [2.05, 4.69) is 46.4 Å². The highest BCUT2D eigenvalue weighted by Crippen LogP contribution is 2.31. The Bertz CT molecular complexity index is 1310. The van der Waals surface area contributed by atoms with Gasteiger partial charge in [0, 0.05) is 48.7 Å². The minimum atomic E-state index is 0. The Morgan fingerprint density at radius 3 is 2.63 bits per heavy atom. The number of imidazole rings is 1. The number of benzene rings is 2. The number of para-hydroxylation sites is 1. The van der Waals surface area contributed by atoms with E-state index < -0.39 is 0 Å². The number of aryl methyl sites for hydroxylation is 2. The minimum absolute atomic E-state index is 0. The maximum atomic E-state index is 13.2. The van der Waals surface area contributed by atoms with Crippen LogP contribution in [0.2, 0.25) is 0 Å². The molecule has 9 heteroatoms. The van der Waals surface area contributed by atoms with Gasteiger partial charge in [0.1, 0.15) is 0 Å². The van der Waals surface area contributed by atoms with Crippen LogP contribution < -0.4 is 11.5 Å². The van der Waals surface area contributed by atoms with E-state index in [9.17, 15) is 4.79 Å². The second kappa shape index (κ2) is 11.4. The van der Waals surface area contributed by atoms with E-state index in [0.717, 1.165) is 61.4 Å². The van der Waals surface area contributed by atoms with Gasteiger partial charge in [-0.3, -0.25) is 4.79 Å². The van der Waals surface area contributed by atoms with E-state index in [-0.39, 0.29) is 36.8 Å². The van der Waals surface area contributed by atoms with Gasteiger partial charge in [-0.1, -0.05) is 18.2 Å². The molecule has 1 amide bonds. The van der Waals surface area contributed by atoms with Crippen LogP contribution in [0.1, 0.15) is 36.5 Å². The molecule has 2 aromatic heterocycles. The highest BCUT2D eigenvalue weighted by Gasteiger charge is 2.24. The Kier molecular flexibility index (Phi) is 8.83. The molecule has 1 aliphatic heterocycles. The van der Waals surface area contributed by atoms with Crippen molar-refractivity contribution in [1.82, 2.24) is 19.0 Å². The highest BCUT2D eigenvalue weighted by molar-refractivity contribution is 5.98. The van der Waals surface area contributed by atoms with Gasteiger partial charge >= 0.3 is 0 Å². The molecular formula is C26H34Cl2N6O. The monoisotopic (exact) mass is 516 g/mol. The van der Waals surface area contributed by atoms with E-state index in [1.165, 1.54) is 10.9 Å². The van der Waals surface area contributed by atoms with Crippen LogP contribution in [0.5, 0.6) is 0 Å². The Hall–Kier alpha value is -2.58. The van der Waals surface area contributed by atoms with Crippen LogP contribution in [-0.4, -0.2) is 50.6 Å². The van der Waals surface area contributed by atoms with Crippen LogP contribution in [0, 0.1) is 0 Å². The molecule has 35 heavy (non-hydrogen) atoms. The summed E-state index contributed by atoms with van der Waals surface area (Å²) < 4.78 is 4.55. The zero-order chi connectivity index (χ0) is 22.9. The maximum absolute atomic E-state index is 13.2. The standard InChI is InChI=1S/C26H32N6O.2ClH/c1-2-31-22-9-4-3-7-18(22)16-24(31)25-29-21-15-19(10-11-23(21)32(25)14-6-12-27)26(33)30-13-5-8-20(28)17-30;;/h3-4,7,9-11,15-16,20H,2,5-6,8,12-14,17,27-28H2,1H3;2*1H/t20-;;/m1../s1. The smallest absolute Gasteiger partial charge is 0.253 e. The molecular weight excluding hydrogens is 483 g/mol. The molecule has 4 N–H and O–H groups in total. The fourth-order valence-electron chi connectivity index (χ4n) is 5.05. The number of carbonyl (C=O) groups excluding carboxylic acids is 1. The van der Waals surface area contributed by atoms with Crippen LogP contribution in [-0.2, 0) is 13.1 Å². The highest BCUT2D eigenvalue weighted by atomic mass is 35.5. The molecule has 5 rings (SSSR count). The fourth-order valence-corrected chi connectivity index (χ4v) is 5.05. The summed E-state index contributed by atoms with van der Waals surface area (Å²) in [5.41, 5.74) is 16.8. The Labute approximate surface area is 218 Å². The van der Waals surface area contributed by atoms with Gasteiger partial charge in [-0.15, -0.1) is 24.8 Å². The molecule has 0 aliphatic carbocycles. The Morgan fingerprint density at radius 1 is 1.09 bits per heavy atom. The first-order valence-corrected chi connectivity index (χ1v) is 11.9. The number of hydrogen-bond acceptors (Lipinski definition) is 4. The van der Waals surface area contributed by atoms with Crippen LogP contribution in [0.3, 0.4) is 0 Å². The number of piperidine rings is 1. The third kappa shape index (κ3) is 5.05. The zero-order valence-electron chi connectivity index (χ0n) is 20.0. The van der Waals surface area contributed by atoms with Gasteiger partial charge in [-0.25, -0.2) is 4.98 Å². The van der Waals surface area contributed by atoms with E-state index in [0.29, 0.717) is 18.7 Å². The second-order valence-corrected chi connectivity index (χ2v) is 8.92. The van der Waals surface area contributed by atoms with Gasteiger partial charge in [-0.2, -0.15) is 0 Å². The number of aromatic nitrogens is 3. The molecule has 188 valence electrons. The third-order valence-corrected chi connectivity index (χ3v) is 6.68. The number of carbonyl (C=O) groups is 1. The van der Waals surface area contributed by atoms with E-state index >= 15 is 0 Å². The predicted molar refractivity (Wildman–Crippen MR) is 148 cm³/mol. The average molecular weight is 518 g/mol. The first kappa shape index (κ1) is 27.0. The molecule has 1 saturated heterocycles. The van der Waals surface area contributed by atoms with Crippen molar-refractivity contribution in [2.45, 2.75) is 45.3 Å². The topological polar surface area (TPSA) is 95.1 Å². The minimum Gasteiger partial charge on any atom is -0.338 e. The van der Waals surface area contributed by atoms with Gasteiger partial charge in [0.15, 0.2) is 5.82 Å². The Balaban J connectivity index is 0.00000171. The molecule has 1 fully saturated rings. The SMILES string of the molecule is CCn1c(-c2nc3cc(C(=O)N4CCC[C@@H](N)C4)ccc3n2CCCN)cc2ccccc21.Cl.Cl. The number of fused-ring (bicyclic) bond motifs is 2. The summed E-state index contributed by atoms with van der Waals surface area (Å²) >= 11 is 0. The quantitative estimate of drug-likeness (QED) is 0.396. The van der Waals surface area contributed by atoms with Crippen LogP contribution in [0.4, 0.5) is 0 Å². The summed E-state index contributed by atoms with van der Waals surface area (Å²) in [5, 5.41) is 1.20. The lowest BCUT2D eigenvalue weighted by atomic mass is 10.1. The summed E-state index contributed by atoms with van der Waals surface area (Å²) in [5.74, 6) is 0.953. The molecule has 0 radical (unpaired) electrons. The number of nitrogens with zero attached hydrogens (tertiary/aromatic N) is 4. The third-order valence-electron chi connectivity index (χ3n) is 6.68. The maximum Gasteiger partial charge on any atom is 0.253 e. The molecule has 0 unspecified atom stereocenters. The lowest BCUT2D eigenvalue weighted by molar-refractivity contribution is 0.0709. The van der Waals surface area contributed by atoms with Crippen LogP contribution in [0.25, 0.3) is 33.5 Å². The molecule has 0 saturated carbocycles. The number of amides is 1. The predicted octanol–water partition coefficient (Wildman–Crippen LogP) is 4.43. The molecule has 1 atom stereocenters. The normalized spacial score (nSPS) is 15.7. The van der Waals surface area contributed by atoms with Gasteiger partial charge in [0.25, 0.3) is 5.91 Å². The summed E-state index contributed by atoms with van der Waals surface area (Å²) in [6.07, 6.45) is 2.79. The van der Waals surface area contributed by atoms with Crippen molar-refractivity contribution < 1.29 is 4.79 Å². The van der Waals surface area contributed by atoms with Gasteiger partial charge in [-0.05, 0) is 63.1 Å².